The number of hydrogen-bond donors (Lipinski definition) is 0. The molecule has 3 fully saturated rings. The highest BCUT2D eigenvalue weighted by atomic mass is 16.5. The average Bonchev–Trinajstić information content (AvgIpc) is 2.95. The van der Waals surface area contributed by atoms with Crippen molar-refractivity contribution in [3.05, 3.63) is 23.4 Å². The first-order chi connectivity index (χ1) is 12.8. The maximum absolute atomic E-state index is 12.2. The van der Waals surface area contributed by atoms with Gasteiger partial charge in [0.1, 0.15) is 0 Å². The Morgan fingerprint density at radius 3 is 2.70 bits per heavy atom. The molecule has 4 heteroatoms. The molecule has 27 heavy (non-hydrogen) atoms. The quantitative estimate of drug-likeness (QED) is 0.532. The highest BCUT2D eigenvalue weighted by molar-refractivity contribution is 5.83. The Hall–Kier alpha value is -1.58. The molecule has 4 rings (SSSR count). The first-order valence-electron chi connectivity index (χ1n) is 10.7. The monoisotopic (exact) mass is 371 g/mol. The maximum Gasteiger partial charge on any atom is 0.330 e. The van der Waals surface area contributed by atoms with Gasteiger partial charge in [0, 0.05) is 30.7 Å². The van der Waals surface area contributed by atoms with Crippen LogP contribution in [-0.2, 0) is 14.3 Å². The number of carbonyl (C=O) groups is 2. The molecule has 0 unspecified atom stereocenters. The second-order valence-corrected chi connectivity index (χ2v) is 9.49. The van der Waals surface area contributed by atoms with Crippen molar-refractivity contribution in [1.82, 2.24) is 4.90 Å². The van der Waals surface area contributed by atoms with Gasteiger partial charge < -0.3 is 9.64 Å². The number of likely N-dealkylation sites (tertiary alicyclic amines) is 1. The van der Waals surface area contributed by atoms with E-state index in [1.807, 2.05) is 18.9 Å². The Bertz CT molecular complexity index is 723. The normalized spacial score (nSPS) is 42.3. The molecule has 0 spiro atoms. The van der Waals surface area contributed by atoms with E-state index in [-0.39, 0.29) is 22.7 Å². The summed E-state index contributed by atoms with van der Waals surface area (Å²) in [5, 5.41) is 0. The van der Waals surface area contributed by atoms with Crippen molar-refractivity contribution >= 4 is 11.9 Å². The van der Waals surface area contributed by atoms with Gasteiger partial charge in [0.05, 0.1) is 6.61 Å². The lowest BCUT2D eigenvalue weighted by Crippen LogP contribution is -2.53. The molecule has 0 N–H and O–H groups in total. The Balaban J connectivity index is 1.64. The Labute approximate surface area is 163 Å². The summed E-state index contributed by atoms with van der Waals surface area (Å²) in [4.78, 5) is 26.2. The van der Waals surface area contributed by atoms with Crippen LogP contribution in [0.2, 0.25) is 0 Å². The molecule has 0 aromatic heterocycles. The van der Waals surface area contributed by atoms with Crippen LogP contribution in [0.15, 0.2) is 23.4 Å². The Morgan fingerprint density at radius 2 is 1.96 bits per heavy atom. The summed E-state index contributed by atoms with van der Waals surface area (Å²) in [5.41, 5.74) is 2.83. The summed E-state index contributed by atoms with van der Waals surface area (Å²) in [6.07, 6.45) is 11.4. The molecule has 5 atom stereocenters. The van der Waals surface area contributed by atoms with E-state index < -0.39 is 0 Å². The lowest BCUT2D eigenvalue weighted by molar-refractivity contribution is -0.137. The minimum atomic E-state index is -0.179. The zero-order valence-electron chi connectivity index (χ0n) is 17.2. The van der Waals surface area contributed by atoms with E-state index >= 15 is 0 Å². The summed E-state index contributed by atoms with van der Waals surface area (Å²) in [6, 6.07) is 0. The maximum atomic E-state index is 12.2. The summed E-state index contributed by atoms with van der Waals surface area (Å²) < 4.78 is 5.18. The van der Waals surface area contributed by atoms with Gasteiger partial charge in [-0.1, -0.05) is 25.5 Å². The summed E-state index contributed by atoms with van der Waals surface area (Å²) in [6.45, 7) is 7.07. The number of esters is 1. The highest BCUT2D eigenvalue weighted by Gasteiger charge is 2.58. The van der Waals surface area contributed by atoms with Gasteiger partial charge in [-0.15, -0.1) is 0 Å². The minimum absolute atomic E-state index is 0.126. The zero-order valence-corrected chi connectivity index (χ0v) is 17.2. The van der Waals surface area contributed by atoms with Crippen LogP contribution in [-0.4, -0.2) is 30.4 Å². The van der Waals surface area contributed by atoms with Gasteiger partial charge in [0.25, 0.3) is 0 Å². The molecule has 1 amide bonds. The standard InChI is InChI=1S/C23H33NO3/c1-5-27-21(26)14-15-6-8-17-16-7-9-19-23(3,13-11-20(25)24(19)4)18(16)10-12-22(15,17)2/h9,14,16-18H,5-8,10-13H2,1-4H3/b15-14+/t16-,17-,18-,22+,23+/m0/s1. The fraction of sp³-hybridized carbons (Fsp3) is 0.739. The van der Waals surface area contributed by atoms with Crippen molar-refractivity contribution in [2.75, 3.05) is 13.7 Å². The number of fused-ring (bicyclic) bond motifs is 5. The van der Waals surface area contributed by atoms with Gasteiger partial charge in [0.15, 0.2) is 0 Å². The van der Waals surface area contributed by atoms with Gasteiger partial charge in [-0.25, -0.2) is 4.79 Å². The molecule has 0 radical (unpaired) electrons. The van der Waals surface area contributed by atoms with Crippen molar-refractivity contribution < 1.29 is 14.3 Å². The van der Waals surface area contributed by atoms with Crippen LogP contribution in [0.4, 0.5) is 0 Å². The molecule has 148 valence electrons. The molecule has 3 aliphatic carbocycles. The van der Waals surface area contributed by atoms with Crippen molar-refractivity contribution in [2.24, 2.45) is 28.6 Å². The number of amides is 1. The lowest BCUT2D eigenvalue weighted by atomic mass is 9.49. The predicted octanol–water partition coefficient (Wildman–Crippen LogP) is 4.46. The third-order valence-corrected chi connectivity index (χ3v) is 8.44. The first kappa shape index (κ1) is 18.8. The third kappa shape index (κ3) is 2.70. The number of piperidine rings is 1. The van der Waals surface area contributed by atoms with E-state index in [1.165, 1.54) is 24.1 Å². The summed E-state index contributed by atoms with van der Waals surface area (Å²) in [5.74, 6) is 2.02. The van der Waals surface area contributed by atoms with Crippen molar-refractivity contribution in [3.8, 4) is 0 Å². The number of allylic oxidation sites excluding steroid dienone is 3. The molecule has 0 aromatic carbocycles. The number of carbonyl (C=O) groups excluding carboxylic acids is 2. The van der Waals surface area contributed by atoms with Gasteiger partial charge in [-0.3, -0.25) is 4.79 Å². The van der Waals surface area contributed by atoms with E-state index in [4.69, 9.17) is 4.74 Å². The van der Waals surface area contributed by atoms with E-state index in [0.717, 1.165) is 25.7 Å². The lowest BCUT2D eigenvalue weighted by Gasteiger charge is -2.57. The van der Waals surface area contributed by atoms with E-state index in [9.17, 15) is 9.59 Å². The SMILES string of the molecule is CCOC(=O)/C=C1\CC[C@H]2[C@@H]3CC=C4N(C)C(=O)CC[C@]4(C)[C@H]3CC[C@]12C. The van der Waals surface area contributed by atoms with Crippen LogP contribution < -0.4 is 0 Å². The number of ether oxygens (including phenoxy) is 1. The molecule has 2 saturated carbocycles. The molecule has 4 aliphatic rings. The smallest absolute Gasteiger partial charge is 0.330 e. The molecule has 0 aromatic rings. The Morgan fingerprint density at radius 1 is 1.22 bits per heavy atom. The fourth-order valence-corrected chi connectivity index (χ4v) is 6.99. The van der Waals surface area contributed by atoms with E-state index in [0.29, 0.717) is 30.8 Å². The van der Waals surface area contributed by atoms with Crippen LogP contribution in [0, 0.1) is 28.6 Å². The molecular formula is C23H33NO3. The fourth-order valence-electron chi connectivity index (χ4n) is 6.99. The Kier molecular flexibility index (Phi) is 4.51. The van der Waals surface area contributed by atoms with Crippen LogP contribution >= 0.6 is 0 Å². The number of nitrogens with zero attached hydrogens (tertiary/aromatic N) is 1. The molecule has 1 aliphatic heterocycles. The minimum Gasteiger partial charge on any atom is -0.463 e. The second kappa shape index (κ2) is 6.49. The average molecular weight is 372 g/mol. The topological polar surface area (TPSA) is 46.6 Å². The molecule has 4 nitrogen and oxygen atoms in total. The van der Waals surface area contributed by atoms with Gasteiger partial charge in [-0.05, 0) is 68.6 Å². The third-order valence-electron chi connectivity index (χ3n) is 8.44. The summed E-state index contributed by atoms with van der Waals surface area (Å²) >= 11 is 0. The summed E-state index contributed by atoms with van der Waals surface area (Å²) in [7, 11) is 1.95. The largest absolute Gasteiger partial charge is 0.463 e. The van der Waals surface area contributed by atoms with E-state index in [1.54, 1.807) is 6.08 Å². The molecule has 1 heterocycles. The molecule has 0 bridgehead atoms. The number of rotatable bonds is 2. The van der Waals surface area contributed by atoms with Crippen LogP contribution in [0.25, 0.3) is 0 Å². The van der Waals surface area contributed by atoms with E-state index in [2.05, 4.69) is 19.9 Å². The van der Waals surface area contributed by atoms with Gasteiger partial charge in [-0.2, -0.15) is 0 Å². The van der Waals surface area contributed by atoms with Gasteiger partial charge in [0.2, 0.25) is 5.91 Å². The van der Waals surface area contributed by atoms with Crippen molar-refractivity contribution in [2.45, 2.75) is 65.7 Å². The van der Waals surface area contributed by atoms with Crippen molar-refractivity contribution in [1.29, 1.82) is 0 Å². The van der Waals surface area contributed by atoms with Crippen molar-refractivity contribution in [3.63, 3.8) is 0 Å². The zero-order chi connectivity index (χ0) is 19.4. The van der Waals surface area contributed by atoms with Crippen LogP contribution in [0.3, 0.4) is 0 Å². The second-order valence-electron chi connectivity index (χ2n) is 9.49. The van der Waals surface area contributed by atoms with Gasteiger partial charge >= 0.3 is 5.97 Å². The molecule has 1 saturated heterocycles. The number of hydrogen-bond acceptors (Lipinski definition) is 3. The molecular weight excluding hydrogens is 338 g/mol. The highest BCUT2D eigenvalue weighted by Crippen LogP contribution is 2.65. The van der Waals surface area contributed by atoms with Crippen LogP contribution in [0.5, 0.6) is 0 Å². The predicted molar refractivity (Wildman–Crippen MR) is 105 cm³/mol. The van der Waals surface area contributed by atoms with Crippen LogP contribution in [0.1, 0.15) is 65.7 Å². The first-order valence-corrected chi connectivity index (χ1v) is 10.7.